The molecule has 0 aliphatic carbocycles. The number of ether oxygens (including phenoxy) is 1. The predicted molar refractivity (Wildman–Crippen MR) is 98.1 cm³/mol. The first-order valence-corrected chi connectivity index (χ1v) is 8.62. The van der Waals surface area contributed by atoms with Crippen LogP contribution in [0.3, 0.4) is 0 Å². The Morgan fingerprint density at radius 1 is 1.33 bits per heavy atom. The smallest absolute Gasteiger partial charge is 0.255 e. The number of rotatable bonds is 4. The number of nitrogens with zero attached hydrogens (tertiary/aromatic N) is 1. The summed E-state index contributed by atoms with van der Waals surface area (Å²) in [6.07, 6.45) is -0.917. The zero-order valence-electron chi connectivity index (χ0n) is 14.5. The average Bonchev–Trinajstić information content (AvgIpc) is 2.66. The first-order chi connectivity index (χ1) is 12.9. The van der Waals surface area contributed by atoms with Gasteiger partial charge in [-0.05, 0) is 35.9 Å². The highest BCUT2D eigenvalue weighted by molar-refractivity contribution is 6.31. The number of aliphatic hydroxyl groups excluding tert-OH is 1. The summed E-state index contributed by atoms with van der Waals surface area (Å²) in [4.78, 5) is 25.4. The number of carbonyl (C=O) groups is 2. The number of amides is 2. The third-order valence-electron chi connectivity index (χ3n) is 4.46. The topological polar surface area (TPSA) is 78.9 Å². The zero-order chi connectivity index (χ0) is 19.6. The maximum atomic E-state index is 13.2. The Hall–Kier alpha value is -2.48. The molecule has 0 aromatic heterocycles. The minimum absolute atomic E-state index is 0.0120. The monoisotopic (exact) mass is 392 g/mol. The molecule has 2 unspecified atom stereocenters. The number of aliphatic hydroxyl groups is 1. The quantitative estimate of drug-likeness (QED) is 0.838. The summed E-state index contributed by atoms with van der Waals surface area (Å²) in [6, 6.07) is 9.81. The van der Waals surface area contributed by atoms with E-state index in [4.69, 9.17) is 16.3 Å². The molecular formula is C19H18ClFN2O4. The first kappa shape index (κ1) is 19.3. The molecule has 1 aliphatic heterocycles. The standard InChI is InChI=1S/C19H18ClFN2O4/c1-23-16(9-27-10-17(23)24)18(25)11-2-5-13(6-3-11)22-19(26)12-4-7-15(21)14(20)8-12/h2-8,16,18,25H,9-10H2,1H3,(H,22,26). The lowest BCUT2D eigenvalue weighted by molar-refractivity contribution is -0.151. The van der Waals surface area contributed by atoms with Crippen LogP contribution in [0.5, 0.6) is 0 Å². The number of carbonyl (C=O) groups excluding carboxylic acids is 2. The third-order valence-corrected chi connectivity index (χ3v) is 4.75. The number of likely N-dealkylation sites (N-methyl/N-ethyl adjacent to an activating group) is 1. The number of hydrogen-bond donors (Lipinski definition) is 2. The van der Waals surface area contributed by atoms with Crippen LogP contribution < -0.4 is 5.32 Å². The van der Waals surface area contributed by atoms with Crippen LogP contribution in [0.2, 0.25) is 5.02 Å². The van der Waals surface area contributed by atoms with Crippen LogP contribution in [0, 0.1) is 5.82 Å². The van der Waals surface area contributed by atoms with Gasteiger partial charge in [0.05, 0.1) is 17.7 Å². The van der Waals surface area contributed by atoms with E-state index in [1.807, 2.05) is 0 Å². The van der Waals surface area contributed by atoms with Gasteiger partial charge in [-0.15, -0.1) is 0 Å². The lowest BCUT2D eigenvalue weighted by Crippen LogP contribution is -2.49. The Labute approximate surface area is 160 Å². The largest absolute Gasteiger partial charge is 0.386 e. The molecule has 2 amide bonds. The van der Waals surface area contributed by atoms with E-state index in [1.54, 1.807) is 31.3 Å². The Morgan fingerprint density at radius 3 is 2.70 bits per heavy atom. The van der Waals surface area contributed by atoms with E-state index in [0.717, 1.165) is 6.07 Å². The van der Waals surface area contributed by atoms with Gasteiger partial charge in [-0.1, -0.05) is 23.7 Å². The van der Waals surface area contributed by atoms with Crippen LogP contribution in [0.25, 0.3) is 0 Å². The van der Waals surface area contributed by atoms with Gasteiger partial charge in [0.1, 0.15) is 18.5 Å². The SMILES string of the molecule is CN1C(=O)COCC1C(O)c1ccc(NC(=O)c2ccc(F)c(Cl)c2)cc1. The van der Waals surface area contributed by atoms with Crippen molar-refractivity contribution >= 4 is 29.1 Å². The molecule has 8 heteroatoms. The van der Waals surface area contributed by atoms with Crippen molar-refractivity contribution in [3.63, 3.8) is 0 Å². The third kappa shape index (κ3) is 4.27. The van der Waals surface area contributed by atoms with Crippen LogP contribution in [-0.2, 0) is 9.53 Å². The lowest BCUT2D eigenvalue weighted by Gasteiger charge is -2.35. The maximum Gasteiger partial charge on any atom is 0.255 e. The van der Waals surface area contributed by atoms with E-state index < -0.39 is 23.9 Å². The first-order valence-electron chi connectivity index (χ1n) is 8.24. The number of nitrogens with one attached hydrogen (secondary N) is 1. The Morgan fingerprint density at radius 2 is 2.04 bits per heavy atom. The molecule has 0 bridgehead atoms. The second-order valence-corrected chi connectivity index (χ2v) is 6.64. The molecule has 0 spiro atoms. The molecule has 2 atom stereocenters. The number of anilines is 1. The van der Waals surface area contributed by atoms with E-state index in [-0.39, 0.29) is 29.7 Å². The lowest BCUT2D eigenvalue weighted by atomic mass is 10.0. The summed E-state index contributed by atoms with van der Waals surface area (Å²) in [5, 5.41) is 13.1. The van der Waals surface area contributed by atoms with Gasteiger partial charge in [-0.2, -0.15) is 0 Å². The van der Waals surface area contributed by atoms with E-state index in [1.165, 1.54) is 17.0 Å². The van der Waals surface area contributed by atoms with Gasteiger partial charge < -0.3 is 20.1 Å². The van der Waals surface area contributed by atoms with Crippen molar-refractivity contribution in [2.75, 3.05) is 25.6 Å². The Kier molecular flexibility index (Phi) is 5.74. The minimum Gasteiger partial charge on any atom is -0.386 e. The molecule has 142 valence electrons. The van der Waals surface area contributed by atoms with Gasteiger partial charge in [-0.3, -0.25) is 9.59 Å². The molecule has 3 rings (SSSR count). The van der Waals surface area contributed by atoms with Crippen molar-refractivity contribution in [2.45, 2.75) is 12.1 Å². The van der Waals surface area contributed by atoms with Gasteiger partial charge in [-0.25, -0.2) is 4.39 Å². The summed E-state index contributed by atoms with van der Waals surface area (Å²) in [7, 11) is 1.63. The highest BCUT2D eigenvalue weighted by Crippen LogP contribution is 2.25. The number of benzene rings is 2. The molecule has 1 fully saturated rings. The molecule has 0 saturated carbocycles. The second kappa shape index (κ2) is 8.04. The van der Waals surface area contributed by atoms with Gasteiger partial charge in [0.2, 0.25) is 5.91 Å². The Balaban J connectivity index is 1.68. The molecule has 2 aromatic carbocycles. The van der Waals surface area contributed by atoms with E-state index in [2.05, 4.69) is 5.32 Å². The Bertz CT molecular complexity index is 859. The molecule has 1 heterocycles. The normalized spacial score (nSPS) is 18.3. The van der Waals surface area contributed by atoms with E-state index >= 15 is 0 Å². The summed E-state index contributed by atoms with van der Waals surface area (Å²) < 4.78 is 18.4. The molecule has 2 N–H and O–H groups in total. The summed E-state index contributed by atoms with van der Waals surface area (Å²) in [6.45, 7) is 0.255. The number of hydrogen-bond acceptors (Lipinski definition) is 4. The van der Waals surface area contributed by atoms with Gasteiger partial charge in [0.15, 0.2) is 0 Å². The maximum absolute atomic E-state index is 13.2. The fourth-order valence-electron chi connectivity index (χ4n) is 2.79. The molecule has 2 aromatic rings. The van der Waals surface area contributed by atoms with Gasteiger partial charge in [0, 0.05) is 18.3 Å². The highest BCUT2D eigenvalue weighted by Gasteiger charge is 2.32. The van der Waals surface area contributed by atoms with Crippen LogP contribution in [0.15, 0.2) is 42.5 Å². The average molecular weight is 393 g/mol. The van der Waals surface area contributed by atoms with Crippen LogP contribution in [-0.4, -0.2) is 48.1 Å². The van der Waals surface area contributed by atoms with Crippen molar-refractivity contribution in [2.24, 2.45) is 0 Å². The summed E-state index contributed by atoms with van der Waals surface area (Å²) >= 11 is 5.69. The minimum atomic E-state index is -0.917. The van der Waals surface area contributed by atoms with Crippen LogP contribution in [0.4, 0.5) is 10.1 Å². The summed E-state index contributed by atoms with van der Waals surface area (Å²) in [5.74, 6) is -1.22. The van der Waals surface area contributed by atoms with E-state index in [9.17, 15) is 19.1 Å². The molecule has 6 nitrogen and oxygen atoms in total. The summed E-state index contributed by atoms with van der Waals surface area (Å²) in [5.41, 5.74) is 1.32. The van der Waals surface area contributed by atoms with Crippen molar-refractivity contribution < 1.29 is 23.8 Å². The van der Waals surface area contributed by atoms with Gasteiger partial charge >= 0.3 is 0 Å². The zero-order valence-corrected chi connectivity index (χ0v) is 15.2. The van der Waals surface area contributed by atoms with Crippen molar-refractivity contribution in [3.05, 3.63) is 64.4 Å². The number of halogens is 2. The molecule has 0 radical (unpaired) electrons. The van der Waals surface area contributed by atoms with Crippen LogP contribution >= 0.6 is 11.6 Å². The van der Waals surface area contributed by atoms with Gasteiger partial charge in [0.25, 0.3) is 5.91 Å². The molecular weight excluding hydrogens is 375 g/mol. The highest BCUT2D eigenvalue weighted by atomic mass is 35.5. The molecule has 27 heavy (non-hydrogen) atoms. The molecule has 1 saturated heterocycles. The van der Waals surface area contributed by atoms with Crippen molar-refractivity contribution in [1.82, 2.24) is 4.90 Å². The number of morpholine rings is 1. The fraction of sp³-hybridized carbons (Fsp3) is 0.263. The van der Waals surface area contributed by atoms with Crippen molar-refractivity contribution in [1.29, 1.82) is 0 Å². The predicted octanol–water partition coefficient (Wildman–Crippen LogP) is 2.62. The van der Waals surface area contributed by atoms with Crippen molar-refractivity contribution in [3.8, 4) is 0 Å². The fourth-order valence-corrected chi connectivity index (χ4v) is 2.98. The van der Waals surface area contributed by atoms with Crippen LogP contribution in [0.1, 0.15) is 22.0 Å². The van der Waals surface area contributed by atoms with E-state index in [0.29, 0.717) is 11.3 Å². The molecule has 1 aliphatic rings. The second-order valence-electron chi connectivity index (χ2n) is 6.24.